The number of rotatable bonds is 12. The van der Waals surface area contributed by atoms with Crippen LogP contribution in [-0.2, 0) is 14.8 Å². The lowest BCUT2D eigenvalue weighted by Gasteiger charge is -2.36. The molecule has 1 aliphatic rings. The van der Waals surface area contributed by atoms with E-state index in [4.69, 9.17) is 9.73 Å². The van der Waals surface area contributed by atoms with Gasteiger partial charge in [0.2, 0.25) is 10.0 Å². The molecule has 0 amide bonds. The second kappa shape index (κ2) is 13.3. The SMILES string of the molecule is CCNC(=NCCCN(CC)CC)N1CCN(S(=O)(=O)CCOC(C)C)CC1. The summed E-state index contributed by atoms with van der Waals surface area (Å²) in [5, 5.41) is 3.34. The van der Waals surface area contributed by atoms with Gasteiger partial charge in [0.1, 0.15) is 0 Å². The molecular formula is C19H41N5O3S. The molecular weight excluding hydrogens is 378 g/mol. The van der Waals surface area contributed by atoms with E-state index in [-0.39, 0.29) is 18.5 Å². The Balaban J connectivity index is 2.51. The standard InChI is InChI=1S/C19H41N5O3S/c1-6-20-19(21-10-9-11-22(7-2)8-3)23-12-14-24(15-13-23)28(25,26)17-16-27-18(4)5/h18H,6-17H2,1-5H3,(H,20,21). The van der Waals surface area contributed by atoms with Crippen molar-refractivity contribution in [3.8, 4) is 0 Å². The second-order valence-corrected chi connectivity index (χ2v) is 9.33. The molecule has 0 spiro atoms. The lowest BCUT2D eigenvalue weighted by molar-refractivity contribution is 0.0904. The maximum Gasteiger partial charge on any atom is 0.216 e. The molecule has 1 N–H and O–H groups in total. The number of aliphatic imine (C=N–C) groups is 1. The smallest absolute Gasteiger partial charge is 0.216 e. The van der Waals surface area contributed by atoms with Crippen LogP contribution in [0.3, 0.4) is 0 Å². The molecule has 1 rings (SSSR count). The highest BCUT2D eigenvalue weighted by molar-refractivity contribution is 7.89. The average Bonchev–Trinajstić information content (AvgIpc) is 2.67. The Hall–Kier alpha value is -0.900. The quantitative estimate of drug-likeness (QED) is 0.290. The maximum absolute atomic E-state index is 12.5. The zero-order valence-corrected chi connectivity index (χ0v) is 19.3. The van der Waals surface area contributed by atoms with Gasteiger partial charge in [0.15, 0.2) is 5.96 Å². The molecule has 0 aromatic heterocycles. The van der Waals surface area contributed by atoms with Crippen molar-refractivity contribution in [2.45, 2.75) is 47.1 Å². The van der Waals surface area contributed by atoms with Crippen LogP contribution in [0.2, 0.25) is 0 Å². The summed E-state index contributed by atoms with van der Waals surface area (Å²) in [4.78, 5) is 9.31. The molecule has 1 heterocycles. The van der Waals surface area contributed by atoms with E-state index in [0.717, 1.165) is 45.1 Å². The Kier molecular flexibility index (Phi) is 12.0. The Bertz CT molecular complexity index is 542. The Morgan fingerprint density at radius 2 is 1.79 bits per heavy atom. The predicted octanol–water partition coefficient (Wildman–Crippen LogP) is 1.06. The van der Waals surface area contributed by atoms with Crippen molar-refractivity contribution in [2.24, 2.45) is 4.99 Å². The van der Waals surface area contributed by atoms with E-state index in [1.165, 1.54) is 0 Å². The summed E-state index contributed by atoms with van der Waals surface area (Å²) in [6, 6.07) is 0. The van der Waals surface area contributed by atoms with Crippen molar-refractivity contribution < 1.29 is 13.2 Å². The molecule has 0 aliphatic carbocycles. The monoisotopic (exact) mass is 419 g/mol. The summed E-state index contributed by atoms with van der Waals surface area (Å²) in [7, 11) is -3.26. The number of sulfonamides is 1. The van der Waals surface area contributed by atoms with E-state index in [1.54, 1.807) is 4.31 Å². The van der Waals surface area contributed by atoms with Gasteiger partial charge in [0, 0.05) is 39.3 Å². The summed E-state index contributed by atoms with van der Waals surface area (Å²) in [5.74, 6) is 0.937. The second-order valence-electron chi connectivity index (χ2n) is 7.24. The van der Waals surface area contributed by atoms with Crippen LogP contribution in [0.1, 0.15) is 41.0 Å². The summed E-state index contributed by atoms with van der Waals surface area (Å²) in [6.07, 6.45) is 1.08. The lowest BCUT2D eigenvalue weighted by atomic mass is 10.3. The fourth-order valence-electron chi connectivity index (χ4n) is 3.14. The minimum atomic E-state index is -3.26. The molecule has 0 radical (unpaired) electrons. The number of guanidine groups is 1. The van der Waals surface area contributed by atoms with Crippen molar-refractivity contribution in [1.29, 1.82) is 0 Å². The normalized spacial score (nSPS) is 17.0. The summed E-state index contributed by atoms with van der Waals surface area (Å²) in [6.45, 7) is 17.6. The van der Waals surface area contributed by atoms with Crippen LogP contribution in [0.15, 0.2) is 4.99 Å². The van der Waals surface area contributed by atoms with Crippen LogP contribution in [0.25, 0.3) is 0 Å². The van der Waals surface area contributed by atoms with Gasteiger partial charge in [-0.1, -0.05) is 13.8 Å². The minimum absolute atomic E-state index is 0.0463. The highest BCUT2D eigenvalue weighted by Gasteiger charge is 2.27. The molecule has 0 saturated carbocycles. The topological polar surface area (TPSA) is 77.5 Å². The predicted molar refractivity (Wildman–Crippen MR) is 116 cm³/mol. The fourth-order valence-corrected chi connectivity index (χ4v) is 4.43. The van der Waals surface area contributed by atoms with Crippen molar-refractivity contribution in [1.82, 2.24) is 19.4 Å². The van der Waals surface area contributed by atoms with Crippen LogP contribution in [0.4, 0.5) is 0 Å². The lowest BCUT2D eigenvalue weighted by Crippen LogP contribution is -2.54. The number of nitrogens with one attached hydrogen (secondary N) is 1. The van der Waals surface area contributed by atoms with Gasteiger partial charge in [-0.2, -0.15) is 4.31 Å². The number of piperazine rings is 1. The molecule has 1 aliphatic heterocycles. The minimum Gasteiger partial charge on any atom is -0.378 e. The van der Waals surface area contributed by atoms with E-state index in [9.17, 15) is 8.42 Å². The van der Waals surface area contributed by atoms with Crippen molar-refractivity contribution in [3.05, 3.63) is 0 Å². The molecule has 1 saturated heterocycles. The number of hydrogen-bond donors (Lipinski definition) is 1. The highest BCUT2D eigenvalue weighted by Crippen LogP contribution is 2.09. The number of hydrogen-bond acceptors (Lipinski definition) is 5. The van der Waals surface area contributed by atoms with Gasteiger partial charge < -0.3 is 19.9 Å². The fraction of sp³-hybridized carbons (Fsp3) is 0.947. The third-order valence-corrected chi connectivity index (χ3v) is 6.68. The first-order chi connectivity index (χ1) is 13.3. The van der Waals surface area contributed by atoms with Gasteiger partial charge in [0.25, 0.3) is 0 Å². The third kappa shape index (κ3) is 9.07. The van der Waals surface area contributed by atoms with Crippen LogP contribution >= 0.6 is 0 Å². The molecule has 0 bridgehead atoms. The van der Waals surface area contributed by atoms with E-state index in [2.05, 4.69) is 35.9 Å². The average molecular weight is 420 g/mol. The zero-order valence-electron chi connectivity index (χ0n) is 18.5. The molecule has 0 unspecified atom stereocenters. The Labute approximate surface area is 172 Å². The Morgan fingerprint density at radius 3 is 2.32 bits per heavy atom. The van der Waals surface area contributed by atoms with Gasteiger partial charge in [-0.25, -0.2) is 8.42 Å². The van der Waals surface area contributed by atoms with Gasteiger partial charge >= 0.3 is 0 Å². The molecule has 1 fully saturated rings. The first-order valence-electron chi connectivity index (χ1n) is 10.7. The van der Waals surface area contributed by atoms with Crippen molar-refractivity contribution >= 4 is 16.0 Å². The molecule has 0 aromatic carbocycles. The van der Waals surface area contributed by atoms with Crippen LogP contribution in [0, 0.1) is 0 Å². The van der Waals surface area contributed by atoms with Crippen molar-refractivity contribution in [3.63, 3.8) is 0 Å². The number of ether oxygens (including phenoxy) is 1. The van der Waals surface area contributed by atoms with Gasteiger partial charge in [-0.05, 0) is 46.8 Å². The summed E-state index contributed by atoms with van der Waals surface area (Å²) in [5.41, 5.74) is 0. The van der Waals surface area contributed by atoms with E-state index in [1.807, 2.05) is 13.8 Å². The third-order valence-electron chi connectivity index (χ3n) is 4.85. The van der Waals surface area contributed by atoms with Crippen molar-refractivity contribution in [2.75, 3.05) is 71.3 Å². The molecule has 166 valence electrons. The molecule has 8 nitrogen and oxygen atoms in total. The van der Waals surface area contributed by atoms with Crippen LogP contribution in [0.5, 0.6) is 0 Å². The van der Waals surface area contributed by atoms with Gasteiger partial charge in [-0.3, -0.25) is 4.99 Å². The van der Waals surface area contributed by atoms with E-state index in [0.29, 0.717) is 26.2 Å². The molecule has 0 aromatic rings. The van der Waals surface area contributed by atoms with E-state index >= 15 is 0 Å². The largest absolute Gasteiger partial charge is 0.378 e. The van der Waals surface area contributed by atoms with Crippen LogP contribution in [-0.4, -0.2) is 106 Å². The Morgan fingerprint density at radius 1 is 1.14 bits per heavy atom. The number of nitrogens with zero attached hydrogens (tertiary/aromatic N) is 4. The first-order valence-corrected chi connectivity index (χ1v) is 12.3. The highest BCUT2D eigenvalue weighted by atomic mass is 32.2. The summed E-state index contributed by atoms with van der Waals surface area (Å²) >= 11 is 0. The zero-order chi connectivity index (χ0) is 21.0. The molecule has 28 heavy (non-hydrogen) atoms. The van der Waals surface area contributed by atoms with Gasteiger partial charge in [-0.15, -0.1) is 0 Å². The van der Waals surface area contributed by atoms with Gasteiger partial charge in [0.05, 0.1) is 18.5 Å². The molecule has 0 atom stereocenters. The van der Waals surface area contributed by atoms with Crippen LogP contribution < -0.4 is 5.32 Å². The molecule has 9 heteroatoms. The van der Waals surface area contributed by atoms with E-state index < -0.39 is 10.0 Å². The summed E-state index contributed by atoms with van der Waals surface area (Å²) < 4.78 is 31.9. The first kappa shape index (κ1) is 25.1. The maximum atomic E-state index is 12.5.